The number of carbonyl (C=O) groups excluding carboxylic acids is 1. The number of hydrogen-bond acceptors (Lipinski definition) is 6. The van der Waals surface area contributed by atoms with E-state index in [1.807, 2.05) is 11.4 Å². The Labute approximate surface area is 134 Å². The first-order chi connectivity index (χ1) is 11.1. The van der Waals surface area contributed by atoms with Gasteiger partial charge in [-0.2, -0.15) is 5.10 Å². The van der Waals surface area contributed by atoms with Crippen LogP contribution in [-0.4, -0.2) is 42.1 Å². The Morgan fingerprint density at radius 1 is 1.43 bits per heavy atom. The van der Waals surface area contributed by atoms with Crippen LogP contribution in [0, 0.1) is 0 Å². The van der Waals surface area contributed by atoms with E-state index in [2.05, 4.69) is 15.4 Å². The Bertz CT molecular complexity index is 956. The molecule has 1 aliphatic rings. The van der Waals surface area contributed by atoms with Crippen LogP contribution in [-0.2, 0) is 31.4 Å². The third-order valence-corrected chi connectivity index (χ3v) is 5.09. The van der Waals surface area contributed by atoms with Crippen LogP contribution in [0.2, 0.25) is 0 Å². The molecule has 0 unspecified atom stereocenters. The highest BCUT2D eigenvalue weighted by molar-refractivity contribution is 7.10. The van der Waals surface area contributed by atoms with Crippen molar-refractivity contribution in [2.75, 3.05) is 6.54 Å². The number of thiophene rings is 1. The Kier molecular flexibility index (Phi) is 3.22. The molecule has 118 valence electrons. The zero-order chi connectivity index (χ0) is 16.0. The van der Waals surface area contributed by atoms with E-state index in [1.54, 1.807) is 23.3 Å². The van der Waals surface area contributed by atoms with Gasteiger partial charge >= 0.3 is 0 Å². The van der Waals surface area contributed by atoms with Gasteiger partial charge in [0.2, 0.25) is 5.91 Å². The second kappa shape index (κ2) is 5.27. The molecule has 1 aliphatic heterocycles. The molecule has 23 heavy (non-hydrogen) atoms. The highest BCUT2D eigenvalue weighted by Gasteiger charge is 2.22. The van der Waals surface area contributed by atoms with E-state index in [-0.39, 0.29) is 18.0 Å². The van der Waals surface area contributed by atoms with Crippen molar-refractivity contribution in [1.82, 2.24) is 29.7 Å². The maximum absolute atomic E-state index is 12.5. The predicted octanol–water partition coefficient (Wildman–Crippen LogP) is 0.171. The van der Waals surface area contributed by atoms with Gasteiger partial charge in [0.1, 0.15) is 11.9 Å². The molecule has 3 aromatic heterocycles. The van der Waals surface area contributed by atoms with Crippen LogP contribution in [0.4, 0.5) is 0 Å². The monoisotopic (exact) mass is 330 g/mol. The fourth-order valence-corrected chi connectivity index (χ4v) is 3.66. The zero-order valence-electron chi connectivity index (χ0n) is 12.5. The van der Waals surface area contributed by atoms with Gasteiger partial charge in [0, 0.05) is 25.0 Å². The van der Waals surface area contributed by atoms with Crippen LogP contribution >= 0.6 is 11.3 Å². The highest BCUT2D eigenvalue weighted by Crippen LogP contribution is 2.24. The van der Waals surface area contributed by atoms with Gasteiger partial charge in [-0.25, -0.2) is 9.36 Å². The average molecular weight is 330 g/mol. The molecule has 0 fully saturated rings. The van der Waals surface area contributed by atoms with E-state index in [9.17, 15) is 9.59 Å². The third kappa shape index (κ3) is 2.33. The van der Waals surface area contributed by atoms with Gasteiger partial charge in [-0.1, -0.05) is 5.21 Å². The van der Waals surface area contributed by atoms with Gasteiger partial charge in [-0.15, -0.1) is 16.4 Å². The van der Waals surface area contributed by atoms with Crippen LogP contribution in [0.1, 0.15) is 10.4 Å². The minimum Gasteiger partial charge on any atom is -0.336 e. The smallest absolute Gasteiger partial charge is 0.281 e. The maximum Gasteiger partial charge on any atom is 0.281 e. The molecule has 4 rings (SSSR count). The molecule has 0 N–H and O–H groups in total. The number of carbonyl (C=O) groups is 1. The van der Waals surface area contributed by atoms with Crippen molar-refractivity contribution in [2.45, 2.75) is 19.5 Å². The summed E-state index contributed by atoms with van der Waals surface area (Å²) in [6.45, 7) is 1.16. The van der Waals surface area contributed by atoms with Crippen molar-refractivity contribution in [3.8, 4) is 0 Å². The summed E-state index contributed by atoms with van der Waals surface area (Å²) in [5, 5.41) is 14.2. The van der Waals surface area contributed by atoms with Crippen LogP contribution < -0.4 is 5.56 Å². The van der Waals surface area contributed by atoms with Crippen LogP contribution in [0.25, 0.3) is 11.0 Å². The fourth-order valence-electron chi connectivity index (χ4n) is 2.77. The van der Waals surface area contributed by atoms with Gasteiger partial charge in [-0.05, 0) is 23.4 Å². The number of hydrogen-bond donors (Lipinski definition) is 0. The van der Waals surface area contributed by atoms with E-state index >= 15 is 0 Å². The van der Waals surface area contributed by atoms with Gasteiger partial charge in [-0.3, -0.25) is 9.59 Å². The summed E-state index contributed by atoms with van der Waals surface area (Å²) in [6.07, 6.45) is 2.31. The van der Waals surface area contributed by atoms with Crippen LogP contribution in [0.5, 0.6) is 0 Å². The largest absolute Gasteiger partial charge is 0.336 e. The second-order valence-corrected chi connectivity index (χ2v) is 6.49. The molecule has 9 heteroatoms. The molecule has 0 aromatic carbocycles. The Hall–Kier alpha value is -2.55. The summed E-state index contributed by atoms with van der Waals surface area (Å²) < 4.78 is 2.59. The first kappa shape index (κ1) is 14.1. The van der Waals surface area contributed by atoms with Crippen LogP contribution in [0.15, 0.2) is 22.4 Å². The molecular weight excluding hydrogens is 316 g/mol. The summed E-state index contributed by atoms with van der Waals surface area (Å²) in [5.74, 6) is -0.124. The molecule has 3 aromatic rings. The van der Waals surface area contributed by atoms with Crippen LogP contribution in [0.3, 0.4) is 0 Å². The van der Waals surface area contributed by atoms with E-state index in [0.29, 0.717) is 24.1 Å². The summed E-state index contributed by atoms with van der Waals surface area (Å²) in [5.41, 5.74) is 1.26. The van der Waals surface area contributed by atoms with E-state index in [4.69, 9.17) is 0 Å². The average Bonchev–Trinajstić information content (AvgIpc) is 3.16. The molecule has 0 atom stereocenters. The topological polar surface area (TPSA) is 85.9 Å². The first-order valence-corrected chi connectivity index (χ1v) is 8.10. The molecule has 0 bridgehead atoms. The molecule has 0 saturated carbocycles. The first-order valence-electron chi connectivity index (χ1n) is 7.22. The van der Waals surface area contributed by atoms with Crippen molar-refractivity contribution < 1.29 is 4.79 Å². The Balaban J connectivity index is 1.58. The van der Waals surface area contributed by atoms with E-state index < -0.39 is 0 Å². The molecule has 0 radical (unpaired) electrons. The van der Waals surface area contributed by atoms with Crippen molar-refractivity contribution >= 4 is 28.3 Å². The molecule has 0 spiro atoms. The van der Waals surface area contributed by atoms with E-state index in [0.717, 1.165) is 11.1 Å². The van der Waals surface area contributed by atoms with Gasteiger partial charge < -0.3 is 4.90 Å². The second-order valence-electron chi connectivity index (χ2n) is 5.49. The Morgan fingerprint density at radius 3 is 3.17 bits per heavy atom. The third-order valence-electron chi connectivity index (χ3n) is 4.07. The molecular formula is C14H14N6O2S. The lowest BCUT2D eigenvalue weighted by atomic mass is 10.1. The molecule has 1 amide bonds. The van der Waals surface area contributed by atoms with Crippen molar-refractivity contribution in [3.05, 3.63) is 38.4 Å². The summed E-state index contributed by atoms with van der Waals surface area (Å²) in [7, 11) is 1.69. The number of fused-ring (bicyclic) bond motifs is 2. The SMILES string of the molecule is Cn1ncc2c(=O)n(CC(=O)N3CCc4sccc4C3)nnc21. The Morgan fingerprint density at radius 2 is 2.30 bits per heavy atom. The highest BCUT2D eigenvalue weighted by atomic mass is 32.1. The quantitative estimate of drug-likeness (QED) is 0.669. The lowest BCUT2D eigenvalue weighted by Gasteiger charge is -2.26. The molecule has 0 saturated heterocycles. The lowest BCUT2D eigenvalue weighted by Crippen LogP contribution is -2.40. The van der Waals surface area contributed by atoms with Crippen molar-refractivity contribution in [2.24, 2.45) is 7.05 Å². The van der Waals surface area contributed by atoms with Gasteiger partial charge in [0.05, 0.1) is 6.20 Å². The van der Waals surface area contributed by atoms with Gasteiger partial charge in [0.15, 0.2) is 5.65 Å². The molecule has 8 nitrogen and oxygen atoms in total. The summed E-state index contributed by atoms with van der Waals surface area (Å²) in [4.78, 5) is 27.9. The van der Waals surface area contributed by atoms with Crippen molar-refractivity contribution in [3.63, 3.8) is 0 Å². The number of aryl methyl sites for hydroxylation is 1. The lowest BCUT2D eigenvalue weighted by molar-refractivity contribution is -0.133. The molecule has 4 heterocycles. The fraction of sp³-hybridized carbons (Fsp3) is 0.357. The number of rotatable bonds is 2. The van der Waals surface area contributed by atoms with Gasteiger partial charge in [0.25, 0.3) is 5.56 Å². The number of nitrogens with zero attached hydrogens (tertiary/aromatic N) is 6. The maximum atomic E-state index is 12.5. The predicted molar refractivity (Wildman–Crippen MR) is 84.0 cm³/mol. The standard InChI is InChI=1S/C14H14N6O2S/c1-18-13-10(6-15-18)14(22)20(17-16-13)8-12(21)19-4-2-11-9(7-19)3-5-23-11/h3,5-6H,2,4,7-8H2,1H3. The van der Waals surface area contributed by atoms with E-state index in [1.165, 1.54) is 21.3 Å². The normalized spacial score (nSPS) is 14.2. The van der Waals surface area contributed by atoms with Crippen molar-refractivity contribution in [1.29, 1.82) is 0 Å². The molecule has 0 aliphatic carbocycles. The summed E-state index contributed by atoms with van der Waals surface area (Å²) >= 11 is 1.72. The minimum atomic E-state index is -0.343. The number of amides is 1. The summed E-state index contributed by atoms with van der Waals surface area (Å²) in [6, 6.07) is 2.05. The minimum absolute atomic E-state index is 0.101. The zero-order valence-corrected chi connectivity index (χ0v) is 13.3. The number of aromatic nitrogens is 5.